The molecule has 0 aliphatic carbocycles. The summed E-state index contributed by atoms with van der Waals surface area (Å²) >= 11 is 3.54. The fourth-order valence-corrected chi connectivity index (χ4v) is 3.98. The lowest BCUT2D eigenvalue weighted by atomic mass is 10.1. The maximum atomic E-state index is 5.71. The van der Waals surface area contributed by atoms with E-state index in [0.29, 0.717) is 0 Å². The molecule has 2 rings (SSSR count). The van der Waals surface area contributed by atoms with Crippen LogP contribution in [0.5, 0.6) is 0 Å². The molecular weight excluding hydrogens is 236 g/mol. The summed E-state index contributed by atoms with van der Waals surface area (Å²) in [6.07, 6.45) is 1.06. The molecule has 0 amide bonds. The van der Waals surface area contributed by atoms with E-state index >= 15 is 0 Å². The molecular formula is C12H16N2S2. The summed E-state index contributed by atoms with van der Waals surface area (Å²) in [5.74, 6) is 5.71. The van der Waals surface area contributed by atoms with Crippen molar-refractivity contribution in [1.29, 1.82) is 0 Å². The zero-order valence-electron chi connectivity index (χ0n) is 9.49. The van der Waals surface area contributed by atoms with Gasteiger partial charge in [-0.05, 0) is 47.4 Å². The molecule has 0 aliphatic rings. The predicted molar refractivity (Wildman–Crippen MR) is 71.9 cm³/mol. The second-order valence-electron chi connectivity index (χ2n) is 3.73. The minimum absolute atomic E-state index is 0.148. The van der Waals surface area contributed by atoms with Crippen molar-refractivity contribution < 1.29 is 0 Å². The Morgan fingerprint density at radius 1 is 1.25 bits per heavy atom. The van der Waals surface area contributed by atoms with Gasteiger partial charge in [-0.3, -0.25) is 5.84 Å². The quantitative estimate of drug-likeness (QED) is 0.647. The molecule has 4 heteroatoms. The second kappa shape index (κ2) is 5.10. The zero-order chi connectivity index (χ0) is 11.5. The summed E-state index contributed by atoms with van der Waals surface area (Å²) in [5, 5.41) is 4.26. The third kappa shape index (κ3) is 2.06. The van der Waals surface area contributed by atoms with Gasteiger partial charge in [0, 0.05) is 9.75 Å². The molecule has 0 bridgehead atoms. The molecule has 0 fully saturated rings. The molecule has 2 heterocycles. The summed E-state index contributed by atoms with van der Waals surface area (Å²) in [6.45, 7) is 4.32. The molecule has 0 saturated carbocycles. The van der Waals surface area contributed by atoms with Crippen molar-refractivity contribution in [3.63, 3.8) is 0 Å². The Bertz CT molecular complexity index is 459. The largest absolute Gasteiger partial charge is 0.271 e. The van der Waals surface area contributed by atoms with Crippen LogP contribution in [0.1, 0.15) is 33.8 Å². The van der Waals surface area contributed by atoms with Crippen LogP contribution in [0.15, 0.2) is 22.9 Å². The highest BCUT2D eigenvalue weighted by molar-refractivity contribution is 7.11. The van der Waals surface area contributed by atoms with E-state index in [-0.39, 0.29) is 6.04 Å². The Labute approximate surface area is 104 Å². The van der Waals surface area contributed by atoms with E-state index in [1.165, 1.54) is 20.9 Å². The summed E-state index contributed by atoms with van der Waals surface area (Å²) in [5.41, 5.74) is 5.64. The van der Waals surface area contributed by atoms with E-state index in [0.717, 1.165) is 6.42 Å². The molecule has 2 aromatic heterocycles. The minimum atomic E-state index is 0.148. The minimum Gasteiger partial charge on any atom is -0.271 e. The third-order valence-electron chi connectivity index (χ3n) is 2.75. The molecule has 3 N–H and O–H groups in total. The molecule has 2 nitrogen and oxygen atoms in total. The highest BCUT2D eigenvalue weighted by Gasteiger charge is 2.19. The molecule has 1 unspecified atom stereocenters. The van der Waals surface area contributed by atoms with Crippen molar-refractivity contribution in [1.82, 2.24) is 5.43 Å². The van der Waals surface area contributed by atoms with E-state index in [4.69, 9.17) is 5.84 Å². The number of nitrogens with one attached hydrogen (secondary N) is 1. The van der Waals surface area contributed by atoms with Gasteiger partial charge in [-0.25, -0.2) is 5.43 Å². The smallest absolute Gasteiger partial charge is 0.0899 e. The van der Waals surface area contributed by atoms with E-state index in [9.17, 15) is 0 Å². The molecule has 86 valence electrons. The van der Waals surface area contributed by atoms with E-state index < -0.39 is 0 Å². The third-order valence-corrected chi connectivity index (χ3v) is 4.86. The second-order valence-corrected chi connectivity index (χ2v) is 5.63. The first-order chi connectivity index (χ1) is 7.77. The maximum absolute atomic E-state index is 5.71. The van der Waals surface area contributed by atoms with E-state index in [1.807, 2.05) is 0 Å². The fraction of sp³-hybridized carbons (Fsp3) is 0.333. The Morgan fingerprint density at radius 3 is 2.50 bits per heavy atom. The Balaban J connectivity index is 2.40. The fourth-order valence-electron chi connectivity index (χ4n) is 1.84. The molecule has 0 spiro atoms. The van der Waals surface area contributed by atoms with Gasteiger partial charge in [-0.2, -0.15) is 0 Å². The van der Waals surface area contributed by atoms with E-state index in [1.54, 1.807) is 22.7 Å². The Kier molecular flexibility index (Phi) is 3.76. The molecule has 0 aliphatic heterocycles. The maximum Gasteiger partial charge on any atom is 0.0899 e. The van der Waals surface area contributed by atoms with Crippen LogP contribution >= 0.6 is 22.7 Å². The predicted octanol–water partition coefficient (Wildman–Crippen LogP) is 3.23. The number of hydrogen-bond acceptors (Lipinski definition) is 4. The van der Waals surface area contributed by atoms with Crippen LogP contribution in [0.2, 0.25) is 0 Å². The number of nitrogens with two attached hydrogens (primary N) is 1. The molecule has 1 atom stereocenters. The van der Waals surface area contributed by atoms with Crippen LogP contribution in [0.3, 0.4) is 0 Å². The first kappa shape index (κ1) is 11.8. The Morgan fingerprint density at radius 2 is 1.94 bits per heavy atom. The van der Waals surface area contributed by atoms with Crippen molar-refractivity contribution in [2.24, 2.45) is 5.84 Å². The lowest BCUT2D eigenvalue weighted by Crippen LogP contribution is -2.28. The summed E-state index contributed by atoms with van der Waals surface area (Å²) in [4.78, 5) is 2.66. The van der Waals surface area contributed by atoms with Crippen molar-refractivity contribution in [3.8, 4) is 0 Å². The monoisotopic (exact) mass is 252 g/mol. The average Bonchev–Trinajstić information content (AvgIpc) is 2.90. The molecule has 0 aromatic carbocycles. The zero-order valence-corrected chi connectivity index (χ0v) is 11.1. The van der Waals surface area contributed by atoms with Gasteiger partial charge in [0.05, 0.1) is 6.04 Å². The van der Waals surface area contributed by atoms with Gasteiger partial charge in [-0.15, -0.1) is 22.7 Å². The van der Waals surface area contributed by atoms with Gasteiger partial charge in [-0.1, -0.05) is 6.92 Å². The number of thiophene rings is 2. The highest BCUT2D eigenvalue weighted by Crippen LogP contribution is 2.33. The van der Waals surface area contributed by atoms with Gasteiger partial charge in [0.2, 0.25) is 0 Å². The molecule has 2 aromatic rings. The van der Waals surface area contributed by atoms with Crippen molar-refractivity contribution in [2.45, 2.75) is 26.3 Å². The van der Waals surface area contributed by atoms with Crippen LogP contribution in [-0.2, 0) is 6.42 Å². The summed E-state index contributed by atoms with van der Waals surface area (Å²) in [6, 6.07) is 4.48. The SMILES string of the molecule is CCc1ccsc1C(NN)c1sccc1C. The Hall–Kier alpha value is -0.680. The van der Waals surface area contributed by atoms with Crippen molar-refractivity contribution in [3.05, 3.63) is 43.8 Å². The van der Waals surface area contributed by atoms with Gasteiger partial charge in [0.25, 0.3) is 0 Å². The van der Waals surface area contributed by atoms with Crippen LogP contribution in [0.25, 0.3) is 0 Å². The summed E-state index contributed by atoms with van der Waals surface area (Å²) in [7, 11) is 0. The lowest BCUT2D eigenvalue weighted by molar-refractivity contribution is 0.649. The van der Waals surface area contributed by atoms with Crippen LogP contribution in [0, 0.1) is 6.92 Å². The number of rotatable bonds is 4. The van der Waals surface area contributed by atoms with Gasteiger partial charge < -0.3 is 0 Å². The van der Waals surface area contributed by atoms with Gasteiger partial charge >= 0.3 is 0 Å². The van der Waals surface area contributed by atoms with Crippen LogP contribution in [0.4, 0.5) is 0 Å². The number of hydrogen-bond donors (Lipinski definition) is 2. The van der Waals surface area contributed by atoms with Crippen LogP contribution < -0.4 is 11.3 Å². The lowest BCUT2D eigenvalue weighted by Gasteiger charge is -2.15. The van der Waals surface area contributed by atoms with Crippen molar-refractivity contribution in [2.75, 3.05) is 0 Å². The van der Waals surface area contributed by atoms with Gasteiger partial charge in [0.1, 0.15) is 0 Å². The molecule has 0 saturated heterocycles. The first-order valence-electron chi connectivity index (χ1n) is 5.34. The van der Waals surface area contributed by atoms with Gasteiger partial charge in [0.15, 0.2) is 0 Å². The average molecular weight is 252 g/mol. The summed E-state index contributed by atoms with van der Waals surface area (Å²) < 4.78 is 0. The standard InChI is InChI=1S/C12H16N2S2/c1-3-9-5-7-16-12(9)10(14-13)11-8(2)4-6-15-11/h4-7,10,14H,3,13H2,1-2H3. The van der Waals surface area contributed by atoms with E-state index in [2.05, 4.69) is 42.2 Å². The number of hydrazine groups is 1. The number of aryl methyl sites for hydroxylation is 2. The molecule has 0 radical (unpaired) electrons. The topological polar surface area (TPSA) is 38.0 Å². The molecule has 16 heavy (non-hydrogen) atoms. The van der Waals surface area contributed by atoms with Crippen molar-refractivity contribution >= 4 is 22.7 Å². The highest BCUT2D eigenvalue weighted by atomic mass is 32.1. The first-order valence-corrected chi connectivity index (χ1v) is 7.10. The normalized spacial score (nSPS) is 12.9. The van der Waals surface area contributed by atoms with Crippen LogP contribution in [-0.4, -0.2) is 0 Å².